The fourth-order valence-electron chi connectivity index (χ4n) is 2.69. The lowest BCUT2D eigenvalue weighted by Gasteiger charge is -2.12. The highest BCUT2D eigenvalue weighted by Gasteiger charge is 2.21. The molecule has 0 aliphatic heterocycles. The predicted molar refractivity (Wildman–Crippen MR) is 107 cm³/mol. The molecular formula is C20H18FN3O5S. The zero-order valence-electron chi connectivity index (χ0n) is 16.1. The minimum atomic E-state index is -4.17. The van der Waals surface area contributed by atoms with Gasteiger partial charge in [-0.05, 0) is 48.9 Å². The number of hydrogen-bond acceptors (Lipinski definition) is 6. The van der Waals surface area contributed by atoms with E-state index in [-0.39, 0.29) is 4.90 Å². The maximum Gasteiger partial charge on any atom is 0.267 e. The quantitative estimate of drug-likeness (QED) is 0.641. The van der Waals surface area contributed by atoms with Crippen LogP contribution in [-0.4, -0.2) is 31.2 Å². The Hall–Kier alpha value is -3.53. The van der Waals surface area contributed by atoms with Crippen LogP contribution in [0.3, 0.4) is 0 Å². The Balaban J connectivity index is 1.88. The monoisotopic (exact) mass is 431 g/mol. The Morgan fingerprint density at radius 3 is 2.63 bits per heavy atom. The van der Waals surface area contributed by atoms with Crippen LogP contribution in [0.1, 0.15) is 5.56 Å². The number of methoxy groups -OCH3 is 1. The molecule has 0 unspecified atom stereocenters. The van der Waals surface area contributed by atoms with Crippen molar-refractivity contribution < 1.29 is 22.3 Å². The van der Waals surface area contributed by atoms with Gasteiger partial charge in [0.25, 0.3) is 5.56 Å². The standard InChI is InChI=1S/C20H18FN3O5S/c1-13-6-7-17(29-2)16(10-13)22-18(25)12-24-20(26)9-8-19(23-24)30(27,28)15-5-3-4-14(21)11-15/h3-11H,12H2,1-2H3,(H,22,25). The van der Waals surface area contributed by atoms with E-state index < -0.39 is 38.7 Å². The molecule has 0 aliphatic carbocycles. The summed E-state index contributed by atoms with van der Waals surface area (Å²) in [4.78, 5) is 24.2. The lowest BCUT2D eigenvalue weighted by Crippen LogP contribution is -2.30. The summed E-state index contributed by atoms with van der Waals surface area (Å²) in [6.45, 7) is 1.31. The molecule has 0 fully saturated rings. The van der Waals surface area contributed by atoms with E-state index in [2.05, 4.69) is 10.4 Å². The average molecular weight is 431 g/mol. The van der Waals surface area contributed by atoms with Crippen LogP contribution in [0.5, 0.6) is 5.75 Å². The number of carbonyl (C=O) groups excluding carboxylic acids is 1. The van der Waals surface area contributed by atoms with Crippen LogP contribution < -0.4 is 15.6 Å². The van der Waals surface area contributed by atoms with E-state index >= 15 is 0 Å². The van der Waals surface area contributed by atoms with Crippen molar-refractivity contribution in [2.45, 2.75) is 23.4 Å². The molecule has 1 aromatic heterocycles. The van der Waals surface area contributed by atoms with Crippen molar-refractivity contribution >= 4 is 21.4 Å². The smallest absolute Gasteiger partial charge is 0.267 e. The number of ether oxygens (including phenoxy) is 1. The number of carbonyl (C=O) groups is 1. The topological polar surface area (TPSA) is 107 Å². The van der Waals surface area contributed by atoms with Crippen molar-refractivity contribution in [3.63, 3.8) is 0 Å². The van der Waals surface area contributed by atoms with Gasteiger partial charge in [-0.15, -0.1) is 0 Å². The summed E-state index contributed by atoms with van der Waals surface area (Å²) in [6.07, 6.45) is 0. The molecule has 30 heavy (non-hydrogen) atoms. The van der Waals surface area contributed by atoms with Gasteiger partial charge in [-0.3, -0.25) is 9.59 Å². The summed E-state index contributed by atoms with van der Waals surface area (Å²) in [5, 5.41) is 5.93. The van der Waals surface area contributed by atoms with Crippen molar-refractivity contribution in [1.82, 2.24) is 9.78 Å². The third-order valence-corrected chi connectivity index (χ3v) is 5.79. The first kappa shape index (κ1) is 21.2. The van der Waals surface area contributed by atoms with E-state index in [1.807, 2.05) is 6.92 Å². The van der Waals surface area contributed by atoms with Crippen LogP contribution in [0.25, 0.3) is 0 Å². The molecular weight excluding hydrogens is 413 g/mol. The number of nitrogens with zero attached hydrogens (tertiary/aromatic N) is 2. The van der Waals surface area contributed by atoms with Gasteiger partial charge in [-0.2, -0.15) is 5.10 Å². The average Bonchev–Trinajstić information content (AvgIpc) is 2.69. The second-order valence-electron chi connectivity index (χ2n) is 6.38. The molecule has 0 aliphatic rings. The van der Waals surface area contributed by atoms with Gasteiger partial charge in [0.05, 0.1) is 17.7 Å². The molecule has 0 bridgehead atoms. The first-order valence-corrected chi connectivity index (χ1v) is 10.2. The number of hydrogen-bond donors (Lipinski definition) is 1. The van der Waals surface area contributed by atoms with Crippen LogP contribution in [0, 0.1) is 12.7 Å². The minimum Gasteiger partial charge on any atom is -0.495 e. The number of rotatable bonds is 6. The molecule has 156 valence electrons. The predicted octanol–water partition coefficient (Wildman–Crippen LogP) is 2.17. The molecule has 8 nitrogen and oxygen atoms in total. The van der Waals surface area contributed by atoms with Crippen molar-refractivity contribution in [3.05, 3.63) is 76.3 Å². The van der Waals surface area contributed by atoms with Crippen molar-refractivity contribution in [3.8, 4) is 5.75 Å². The third kappa shape index (κ3) is 4.54. The second kappa shape index (κ2) is 8.46. The van der Waals surface area contributed by atoms with Gasteiger partial charge in [0, 0.05) is 6.07 Å². The third-order valence-electron chi connectivity index (χ3n) is 4.15. The molecule has 1 amide bonds. The van der Waals surface area contributed by atoms with Gasteiger partial charge in [0.2, 0.25) is 15.7 Å². The van der Waals surface area contributed by atoms with Gasteiger partial charge < -0.3 is 10.1 Å². The Bertz CT molecular complexity index is 1270. The lowest BCUT2D eigenvalue weighted by atomic mass is 10.2. The van der Waals surface area contributed by atoms with E-state index in [0.717, 1.165) is 34.5 Å². The number of aromatic nitrogens is 2. The molecule has 1 heterocycles. The van der Waals surface area contributed by atoms with E-state index in [9.17, 15) is 22.4 Å². The highest BCUT2D eigenvalue weighted by Crippen LogP contribution is 2.25. The van der Waals surface area contributed by atoms with E-state index in [1.54, 1.807) is 18.2 Å². The van der Waals surface area contributed by atoms with Gasteiger partial charge in [-0.1, -0.05) is 12.1 Å². The largest absolute Gasteiger partial charge is 0.495 e. The summed E-state index contributed by atoms with van der Waals surface area (Å²) in [7, 11) is -2.72. The number of aryl methyl sites for hydroxylation is 1. The van der Waals surface area contributed by atoms with Crippen molar-refractivity contribution in [1.29, 1.82) is 0 Å². The normalized spacial score (nSPS) is 11.2. The minimum absolute atomic E-state index is 0.311. The van der Waals surface area contributed by atoms with E-state index in [1.165, 1.54) is 19.2 Å². The number of sulfone groups is 1. The lowest BCUT2D eigenvalue weighted by molar-refractivity contribution is -0.117. The molecule has 3 aromatic rings. The second-order valence-corrected chi connectivity index (χ2v) is 8.28. The Morgan fingerprint density at radius 2 is 1.93 bits per heavy atom. The number of anilines is 1. The summed E-state index contributed by atoms with van der Waals surface area (Å²) in [5.41, 5.74) is 0.614. The SMILES string of the molecule is COc1ccc(C)cc1NC(=O)Cn1nc(S(=O)(=O)c2cccc(F)c2)ccc1=O. The van der Waals surface area contributed by atoms with Crippen LogP contribution in [0.2, 0.25) is 0 Å². The molecule has 2 aromatic carbocycles. The van der Waals surface area contributed by atoms with Crippen LogP contribution >= 0.6 is 0 Å². The first-order chi connectivity index (χ1) is 14.2. The van der Waals surface area contributed by atoms with Crippen molar-refractivity contribution in [2.24, 2.45) is 0 Å². The summed E-state index contributed by atoms with van der Waals surface area (Å²) >= 11 is 0. The fourth-order valence-corrected chi connectivity index (χ4v) is 3.91. The highest BCUT2D eigenvalue weighted by molar-refractivity contribution is 7.91. The van der Waals surface area contributed by atoms with Gasteiger partial charge >= 0.3 is 0 Å². The highest BCUT2D eigenvalue weighted by atomic mass is 32.2. The Labute approximate surface area is 171 Å². The molecule has 0 saturated heterocycles. The maximum atomic E-state index is 13.4. The van der Waals surface area contributed by atoms with E-state index in [0.29, 0.717) is 11.4 Å². The van der Waals surface area contributed by atoms with Crippen LogP contribution in [0.15, 0.2) is 69.3 Å². The number of nitrogens with one attached hydrogen (secondary N) is 1. The van der Waals surface area contributed by atoms with Crippen LogP contribution in [-0.2, 0) is 21.2 Å². The molecule has 0 radical (unpaired) electrons. The zero-order valence-corrected chi connectivity index (χ0v) is 16.9. The Morgan fingerprint density at radius 1 is 1.17 bits per heavy atom. The number of benzene rings is 2. The van der Waals surface area contributed by atoms with Crippen molar-refractivity contribution in [2.75, 3.05) is 12.4 Å². The van der Waals surface area contributed by atoms with Gasteiger partial charge in [-0.25, -0.2) is 17.5 Å². The molecule has 0 saturated carbocycles. The molecule has 0 spiro atoms. The summed E-state index contributed by atoms with van der Waals surface area (Å²) in [5.74, 6) is -0.902. The molecule has 0 atom stereocenters. The molecule has 3 rings (SSSR count). The zero-order chi connectivity index (χ0) is 21.9. The van der Waals surface area contributed by atoms with E-state index in [4.69, 9.17) is 4.74 Å². The number of halogens is 1. The Kier molecular flexibility index (Phi) is 5.97. The fraction of sp³-hybridized carbons (Fsp3) is 0.150. The summed E-state index contributed by atoms with van der Waals surface area (Å²) in [6, 6.07) is 11.6. The summed E-state index contributed by atoms with van der Waals surface area (Å²) < 4.78 is 44.7. The van der Waals surface area contributed by atoms with Gasteiger partial charge in [0.1, 0.15) is 18.1 Å². The number of amides is 1. The molecule has 10 heteroatoms. The van der Waals surface area contributed by atoms with Crippen LogP contribution in [0.4, 0.5) is 10.1 Å². The maximum absolute atomic E-state index is 13.4. The first-order valence-electron chi connectivity index (χ1n) is 8.74. The van der Waals surface area contributed by atoms with Gasteiger partial charge in [0.15, 0.2) is 5.03 Å². The molecule has 1 N–H and O–H groups in total.